The largest absolute Gasteiger partial charge is 0.715 e. The molecule has 7 aromatic rings. The van der Waals surface area contributed by atoms with Gasteiger partial charge >= 0.3 is 6.03 Å². The Balaban J connectivity index is 0.00000436. The van der Waals surface area contributed by atoms with Crippen LogP contribution in [0.4, 0.5) is 11.4 Å². The number of aromatic nitrogens is 2. The molecule has 0 unspecified atom stereocenters. The first-order valence-electron chi connectivity index (χ1n) is 20.1. The van der Waals surface area contributed by atoms with Crippen LogP contribution in [0.3, 0.4) is 0 Å². The smallest absolute Gasteiger partial charge is 0.340 e. The molecule has 0 amide bonds. The predicted molar refractivity (Wildman–Crippen MR) is 230 cm³/mol. The molecule has 6 heteroatoms. The zero-order valence-corrected chi connectivity index (χ0v) is 32.5. The molecule has 0 bridgehead atoms. The molecule has 10 rings (SSSR count). The predicted octanol–water partition coefficient (Wildman–Crippen LogP) is 10.1. The lowest BCUT2D eigenvalue weighted by atomic mass is 9.93. The summed E-state index contributed by atoms with van der Waals surface area (Å²) in [7, 11) is 0. The van der Waals surface area contributed by atoms with Crippen LogP contribution >= 0.6 is 0 Å². The summed E-state index contributed by atoms with van der Waals surface area (Å²) in [6, 6.07) is 46.5. The maximum absolute atomic E-state index is 7.18. The van der Waals surface area contributed by atoms with Gasteiger partial charge in [0, 0.05) is 49.2 Å². The topological polar surface area (TPSA) is 32.2 Å². The third-order valence-electron chi connectivity index (χ3n) is 11.6. The fraction of sp³-hybridized carbons (Fsp3) is 0.192. The van der Waals surface area contributed by atoms with Gasteiger partial charge in [0.1, 0.15) is 13.1 Å². The molecule has 0 N–H and O–H groups in total. The van der Waals surface area contributed by atoms with Gasteiger partial charge in [-0.05, 0) is 105 Å². The number of fused-ring (bicyclic) bond motifs is 5. The Morgan fingerprint density at radius 2 is 0.897 bits per heavy atom. The lowest BCUT2D eigenvalue weighted by Gasteiger charge is -2.28. The van der Waals surface area contributed by atoms with E-state index in [2.05, 4.69) is 203 Å². The van der Waals surface area contributed by atoms with E-state index in [-0.39, 0.29) is 7.43 Å². The molecule has 0 fully saturated rings. The van der Waals surface area contributed by atoms with Crippen LogP contribution < -0.4 is 18.6 Å². The van der Waals surface area contributed by atoms with Crippen LogP contribution in [0.2, 0.25) is 0 Å². The van der Waals surface area contributed by atoms with Gasteiger partial charge in [-0.3, -0.25) is 0 Å². The zero-order chi connectivity index (χ0) is 38.3. The second kappa shape index (κ2) is 15.4. The van der Waals surface area contributed by atoms with Crippen molar-refractivity contribution in [3.8, 4) is 33.8 Å². The number of nitrogens with zero attached hydrogens (tertiary/aromatic N) is 4. The Morgan fingerprint density at radius 3 is 1.34 bits per heavy atom. The van der Waals surface area contributed by atoms with E-state index in [0.29, 0.717) is 0 Å². The van der Waals surface area contributed by atoms with Crippen LogP contribution in [0.15, 0.2) is 158 Å². The van der Waals surface area contributed by atoms with Crippen molar-refractivity contribution < 1.29 is 27.8 Å². The number of hydrogen-bond donors (Lipinski definition) is 0. The van der Waals surface area contributed by atoms with Crippen LogP contribution in [-0.2, 0) is 25.9 Å². The second-order valence-electron chi connectivity index (χ2n) is 15.4. The summed E-state index contributed by atoms with van der Waals surface area (Å²) in [4.78, 5) is 0. The normalized spacial score (nSPS) is 13.9. The van der Waals surface area contributed by atoms with Crippen molar-refractivity contribution in [1.82, 2.24) is 0 Å². The van der Waals surface area contributed by atoms with Gasteiger partial charge in [0.2, 0.25) is 0 Å². The summed E-state index contributed by atoms with van der Waals surface area (Å²) >= 11 is 0. The fourth-order valence-corrected chi connectivity index (χ4v) is 8.85. The lowest BCUT2D eigenvalue weighted by Crippen LogP contribution is -2.59. The number of ether oxygens (including phenoxy) is 2. The van der Waals surface area contributed by atoms with Crippen LogP contribution in [-0.4, -0.2) is 27.6 Å². The van der Waals surface area contributed by atoms with Crippen LogP contribution in [0.1, 0.15) is 53.6 Å². The molecule has 286 valence electrons. The number of pyridine rings is 2. The maximum atomic E-state index is 7.18. The molecule has 3 aliphatic rings. The average Bonchev–Trinajstić information content (AvgIpc) is 3.52. The second-order valence-corrected chi connectivity index (χ2v) is 15.4. The molecule has 58 heavy (non-hydrogen) atoms. The van der Waals surface area contributed by atoms with Gasteiger partial charge in [-0.1, -0.05) is 80.2 Å². The Hall–Kier alpha value is -6.66. The number of hydrogen-bond acceptors (Lipinski definition) is 2. The third-order valence-corrected chi connectivity index (χ3v) is 11.6. The van der Waals surface area contributed by atoms with E-state index in [1.807, 2.05) is 0 Å². The molecule has 5 aromatic carbocycles. The number of rotatable bonds is 10. The number of aryl methyl sites for hydroxylation is 6. The molecule has 0 saturated carbocycles. The standard InChI is InChI=1S/C51H46N4O2.CH4/c1-37-31-41(45-21-7-5-17-39(45)19-15-29-52-25-11-3-12-26-52)33-43-35-54-47-23-9-10-24-48(47)55-36-44-34-42(32-38(2)50(44)57-51(54,55)56-49(37)43)46-22-8-6-18-40(46)20-16-30-53-27-13-4-14-28-53;/h3-14,17-18,21-28,31-36H,15-16,19-20,29-30H2,1-2H3;1H4/q+4;. The molecule has 0 aliphatic carbocycles. The number of para-hydroxylation sites is 2. The average molecular weight is 763 g/mol. The fourth-order valence-electron chi connectivity index (χ4n) is 8.85. The highest BCUT2D eigenvalue weighted by Crippen LogP contribution is 2.50. The first-order chi connectivity index (χ1) is 28.0. The third kappa shape index (κ3) is 6.58. The minimum atomic E-state index is -1.23. The zero-order valence-electron chi connectivity index (χ0n) is 32.5. The van der Waals surface area contributed by atoms with Gasteiger partial charge in [0.15, 0.2) is 48.7 Å². The molecular formula is C52H50N4O2+4. The van der Waals surface area contributed by atoms with Gasteiger partial charge in [-0.15, -0.1) is 0 Å². The highest BCUT2D eigenvalue weighted by atomic mass is 16.7. The highest BCUT2D eigenvalue weighted by molar-refractivity contribution is 5.90. The number of benzene rings is 5. The van der Waals surface area contributed by atoms with E-state index in [1.54, 1.807) is 0 Å². The van der Waals surface area contributed by atoms with Crippen molar-refractivity contribution in [1.29, 1.82) is 0 Å². The summed E-state index contributed by atoms with van der Waals surface area (Å²) in [5.74, 6) is 1.67. The Bertz CT molecular complexity index is 2530. The molecule has 2 aromatic heterocycles. The van der Waals surface area contributed by atoms with E-state index >= 15 is 0 Å². The first kappa shape index (κ1) is 36.9. The van der Waals surface area contributed by atoms with Gasteiger partial charge in [0.25, 0.3) is 11.4 Å². The van der Waals surface area contributed by atoms with Gasteiger partial charge in [0.05, 0.1) is 11.1 Å². The summed E-state index contributed by atoms with van der Waals surface area (Å²) < 4.78 is 23.2. The molecule has 5 heterocycles. The maximum Gasteiger partial charge on any atom is 0.715 e. The minimum Gasteiger partial charge on any atom is -0.340 e. The van der Waals surface area contributed by atoms with Crippen LogP contribution in [0.5, 0.6) is 11.5 Å². The van der Waals surface area contributed by atoms with E-state index < -0.39 is 6.03 Å². The lowest BCUT2D eigenvalue weighted by molar-refractivity contribution is -0.831. The monoisotopic (exact) mass is 762 g/mol. The Kier molecular flexibility index (Phi) is 9.78. The van der Waals surface area contributed by atoms with Crippen molar-refractivity contribution in [2.45, 2.75) is 66.1 Å². The van der Waals surface area contributed by atoms with Crippen molar-refractivity contribution in [3.63, 3.8) is 0 Å². The van der Waals surface area contributed by atoms with Crippen molar-refractivity contribution >= 4 is 23.8 Å². The molecule has 6 nitrogen and oxygen atoms in total. The highest BCUT2D eigenvalue weighted by Gasteiger charge is 2.72. The summed E-state index contributed by atoms with van der Waals surface area (Å²) in [6.07, 6.45) is 17.1. The molecule has 0 saturated heterocycles. The van der Waals surface area contributed by atoms with E-state index in [0.717, 1.165) is 83.9 Å². The Morgan fingerprint density at radius 1 is 0.483 bits per heavy atom. The minimum absolute atomic E-state index is 0. The van der Waals surface area contributed by atoms with Gasteiger partial charge < -0.3 is 9.47 Å². The van der Waals surface area contributed by atoms with Gasteiger partial charge in [-0.25, -0.2) is 9.13 Å². The van der Waals surface area contributed by atoms with Crippen molar-refractivity contribution in [3.05, 3.63) is 192 Å². The van der Waals surface area contributed by atoms with Crippen LogP contribution in [0, 0.1) is 13.8 Å². The van der Waals surface area contributed by atoms with Crippen molar-refractivity contribution in [2.75, 3.05) is 0 Å². The quantitative estimate of drug-likeness (QED) is 0.130. The Labute approximate surface area is 341 Å². The van der Waals surface area contributed by atoms with Crippen molar-refractivity contribution in [2.24, 2.45) is 0 Å². The summed E-state index contributed by atoms with van der Waals surface area (Å²) in [5.41, 5.74) is 13.9. The molecule has 3 aliphatic heterocycles. The van der Waals surface area contributed by atoms with E-state index in [1.165, 1.54) is 33.4 Å². The molecular weight excluding hydrogens is 713 g/mol. The first-order valence-corrected chi connectivity index (χ1v) is 20.1. The molecule has 0 atom stereocenters. The SMILES string of the molecule is C.Cc1cc(-c2ccccc2CCC[n+]2ccccc2)cc2c1OC13Oc4c(C)cc(-c5ccccc5CCC[n+]5ccccc5)cc4C=[N+]1c1ccccc1[N+]3=C2. The van der Waals surface area contributed by atoms with E-state index in [9.17, 15) is 0 Å². The van der Waals surface area contributed by atoms with Crippen LogP contribution in [0.25, 0.3) is 22.3 Å². The van der Waals surface area contributed by atoms with Gasteiger partial charge in [-0.2, -0.15) is 0 Å². The summed E-state index contributed by atoms with van der Waals surface area (Å²) in [5, 5.41) is 0. The molecule has 1 spiro atoms. The molecule has 0 radical (unpaired) electrons. The van der Waals surface area contributed by atoms with E-state index in [4.69, 9.17) is 9.47 Å². The summed E-state index contributed by atoms with van der Waals surface area (Å²) in [6.45, 7) is 6.26.